The van der Waals surface area contributed by atoms with Crippen molar-refractivity contribution in [2.24, 2.45) is 5.10 Å². The van der Waals surface area contributed by atoms with Gasteiger partial charge in [0.2, 0.25) is 0 Å². The number of nitrogens with zero attached hydrogens (tertiary/aromatic N) is 1. The Morgan fingerprint density at radius 1 is 1.33 bits per heavy atom. The minimum Gasteiger partial charge on any atom is -0.504 e. The van der Waals surface area contributed by atoms with Crippen molar-refractivity contribution in [3.05, 3.63) is 63.4 Å². The zero-order chi connectivity index (χ0) is 15.4. The van der Waals surface area contributed by atoms with Crippen molar-refractivity contribution in [1.82, 2.24) is 5.43 Å². The van der Waals surface area contributed by atoms with E-state index in [9.17, 15) is 14.3 Å². The molecule has 2 aromatic carbocycles. The summed E-state index contributed by atoms with van der Waals surface area (Å²) in [6.45, 7) is 1.92. The summed E-state index contributed by atoms with van der Waals surface area (Å²) < 4.78 is 13.8. The van der Waals surface area contributed by atoms with Crippen LogP contribution in [-0.4, -0.2) is 17.2 Å². The number of hydrogen-bond acceptors (Lipinski definition) is 3. The Balaban J connectivity index is 2.09. The number of benzene rings is 2. The van der Waals surface area contributed by atoms with Gasteiger partial charge in [-0.2, -0.15) is 5.10 Å². The average molecular weight is 351 g/mol. The molecule has 2 N–H and O–H groups in total. The van der Waals surface area contributed by atoms with Crippen LogP contribution >= 0.6 is 15.9 Å². The second-order valence-electron chi connectivity index (χ2n) is 4.39. The van der Waals surface area contributed by atoms with Crippen LogP contribution in [0.4, 0.5) is 4.39 Å². The molecule has 0 saturated carbocycles. The molecule has 2 aromatic rings. The Labute approximate surface area is 129 Å². The summed E-state index contributed by atoms with van der Waals surface area (Å²) in [5.41, 5.74) is 3.98. The smallest absolute Gasteiger partial charge is 0.271 e. The number of nitrogens with one attached hydrogen (secondary N) is 1. The van der Waals surface area contributed by atoms with E-state index >= 15 is 0 Å². The minimum absolute atomic E-state index is 0.158. The largest absolute Gasteiger partial charge is 0.504 e. The Kier molecular flexibility index (Phi) is 4.70. The van der Waals surface area contributed by atoms with E-state index in [0.717, 1.165) is 11.6 Å². The number of amides is 1. The third-order valence-electron chi connectivity index (χ3n) is 2.74. The van der Waals surface area contributed by atoms with E-state index in [4.69, 9.17) is 0 Å². The second kappa shape index (κ2) is 6.49. The Morgan fingerprint density at radius 2 is 2.00 bits per heavy atom. The number of carbonyl (C=O) groups is 1. The molecule has 6 heteroatoms. The van der Waals surface area contributed by atoms with E-state index in [2.05, 4.69) is 26.5 Å². The lowest BCUT2D eigenvalue weighted by Gasteiger charge is -2.02. The van der Waals surface area contributed by atoms with E-state index in [1.807, 2.05) is 19.1 Å². The van der Waals surface area contributed by atoms with Crippen molar-refractivity contribution in [2.75, 3.05) is 0 Å². The molecule has 21 heavy (non-hydrogen) atoms. The molecule has 0 aliphatic carbocycles. The monoisotopic (exact) mass is 350 g/mol. The fourth-order valence-corrected chi connectivity index (χ4v) is 2.06. The molecular formula is C15H12BrFN2O2. The van der Waals surface area contributed by atoms with E-state index in [1.54, 1.807) is 12.1 Å². The molecule has 0 spiro atoms. The van der Waals surface area contributed by atoms with Gasteiger partial charge in [0.25, 0.3) is 5.91 Å². The molecule has 0 heterocycles. The lowest BCUT2D eigenvalue weighted by molar-refractivity contribution is 0.0955. The van der Waals surface area contributed by atoms with Gasteiger partial charge in [-0.1, -0.05) is 33.6 Å². The minimum atomic E-state index is -0.768. The molecule has 0 unspecified atom stereocenters. The summed E-state index contributed by atoms with van der Waals surface area (Å²) in [6, 6.07) is 9.60. The van der Waals surface area contributed by atoms with Crippen molar-refractivity contribution in [3.63, 3.8) is 0 Å². The molecule has 0 atom stereocenters. The van der Waals surface area contributed by atoms with Gasteiger partial charge in [0, 0.05) is 15.6 Å². The second-order valence-corrected chi connectivity index (χ2v) is 5.31. The van der Waals surface area contributed by atoms with Crippen molar-refractivity contribution in [2.45, 2.75) is 6.92 Å². The van der Waals surface area contributed by atoms with Crippen LogP contribution in [0.1, 0.15) is 21.5 Å². The molecule has 0 saturated heterocycles. The quantitative estimate of drug-likeness (QED) is 0.658. The molecule has 0 bridgehead atoms. The van der Waals surface area contributed by atoms with Crippen LogP contribution in [0.2, 0.25) is 0 Å². The number of phenolic OH excluding ortho intramolecular Hbond substituents is 1. The van der Waals surface area contributed by atoms with Crippen LogP contribution < -0.4 is 5.43 Å². The third kappa shape index (κ3) is 3.88. The first kappa shape index (κ1) is 15.2. The third-order valence-corrected chi connectivity index (χ3v) is 3.20. The van der Waals surface area contributed by atoms with Gasteiger partial charge in [-0.3, -0.25) is 4.79 Å². The fourth-order valence-electron chi connectivity index (χ4n) is 1.61. The number of hydrazone groups is 1. The summed E-state index contributed by atoms with van der Waals surface area (Å²) in [6.07, 6.45) is 1.18. The predicted octanol–water partition coefficient (Wildman–Crippen LogP) is 3.37. The highest BCUT2D eigenvalue weighted by Gasteiger charge is 2.07. The van der Waals surface area contributed by atoms with E-state index in [1.165, 1.54) is 12.3 Å². The molecule has 108 valence electrons. The average Bonchev–Trinajstić information content (AvgIpc) is 2.44. The molecule has 0 radical (unpaired) electrons. The number of aryl methyl sites for hydroxylation is 1. The van der Waals surface area contributed by atoms with Gasteiger partial charge in [-0.25, -0.2) is 9.82 Å². The molecule has 1 amide bonds. The first-order chi connectivity index (χ1) is 9.97. The number of halogens is 2. The van der Waals surface area contributed by atoms with Gasteiger partial charge in [-0.15, -0.1) is 0 Å². The lowest BCUT2D eigenvalue weighted by atomic mass is 10.1. The Bertz CT molecular complexity index is 700. The SMILES string of the molecule is Cc1ccc(C(=O)NN=Cc2cc(Br)cc(F)c2O)cc1. The highest BCUT2D eigenvalue weighted by Crippen LogP contribution is 2.24. The Hall–Kier alpha value is -2.21. The fraction of sp³-hybridized carbons (Fsp3) is 0.0667. The van der Waals surface area contributed by atoms with E-state index < -0.39 is 11.6 Å². The number of phenols is 1. The zero-order valence-electron chi connectivity index (χ0n) is 11.1. The summed E-state index contributed by atoms with van der Waals surface area (Å²) >= 11 is 3.11. The van der Waals surface area contributed by atoms with Crippen LogP contribution in [0.3, 0.4) is 0 Å². The maximum absolute atomic E-state index is 13.3. The molecule has 0 aliphatic heterocycles. The Morgan fingerprint density at radius 3 is 2.67 bits per heavy atom. The first-order valence-electron chi connectivity index (χ1n) is 6.05. The van der Waals surface area contributed by atoms with E-state index in [-0.39, 0.29) is 11.5 Å². The molecule has 0 aromatic heterocycles. The van der Waals surface area contributed by atoms with Gasteiger partial charge >= 0.3 is 0 Å². The predicted molar refractivity (Wildman–Crippen MR) is 82.0 cm³/mol. The van der Waals surface area contributed by atoms with Gasteiger partial charge in [0.15, 0.2) is 11.6 Å². The zero-order valence-corrected chi connectivity index (χ0v) is 12.7. The molecular weight excluding hydrogens is 339 g/mol. The summed E-state index contributed by atoms with van der Waals surface area (Å²) in [7, 11) is 0. The summed E-state index contributed by atoms with van der Waals surface area (Å²) in [4.78, 5) is 11.8. The topological polar surface area (TPSA) is 61.7 Å². The number of hydrogen-bond donors (Lipinski definition) is 2. The molecule has 0 aliphatic rings. The lowest BCUT2D eigenvalue weighted by Crippen LogP contribution is -2.17. The maximum Gasteiger partial charge on any atom is 0.271 e. The summed E-state index contributed by atoms with van der Waals surface area (Å²) in [5.74, 6) is -1.68. The molecule has 2 rings (SSSR count). The van der Waals surface area contributed by atoms with Crippen LogP contribution in [0.25, 0.3) is 0 Å². The van der Waals surface area contributed by atoms with Gasteiger partial charge in [0.1, 0.15) is 0 Å². The number of rotatable bonds is 3. The number of aromatic hydroxyl groups is 1. The van der Waals surface area contributed by atoms with Crippen LogP contribution in [0, 0.1) is 12.7 Å². The van der Waals surface area contributed by atoms with Crippen LogP contribution in [-0.2, 0) is 0 Å². The maximum atomic E-state index is 13.3. The summed E-state index contributed by atoms with van der Waals surface area (Å²) in [5, 5.41) is 13.2. The van der Waals surface area contributed by atoms with Crippen LogP contribution in [0.5, 0.6) is 5.75 Å². The van der Waals surface area contributed by atoms with Gasteiger partial charge in [-0.05, 0) is 31.2 Å². The van der Waals surface area contributed by atoms with E-state index in [0.29, 0.717) is 10.0 Å². The number of carbonyl (C=O) groups excluding carboxylic acids is 1. The van der Waals surface area contributed by atoms with Crippen molar-refractivity contribution >= 4 is 28.1 Å². The first-order valence-corrected chi connectivity index (χ1v) is 6.85. The van der Waals surface area contributed by atoms with Crippen molar-refractivity contribution in [1.29, 1.82) is 0 Å². The van der Waals surface area contributed by atoms with Crippen molar-refractivity contribution in [3.8, 4) is 5.75 Å². The van der Waals surface area contributed by atoms with Gasteiger partial charge < -0.3 is 5.11 Å². The molecule has 4 nitrogen and oxygen atoms in total. The van der Waals surface area contributed by atoms with Gasteiger partial charge in [0.05, 0.1) is 6.21 Å². The highest BCUT2D eigenvalue weighted by atomic mass is 79.9. The standard InChI is InChI=1S/C15H12BrFN2O2/c1-9-2-4-10(5-3-9)15(21)19-18-8-11-6-12(16)7-13(17)14(11)20/h2-8,20H,1H3,(H,19,21). The normalized spacial score (nSPS) is 10.8. The highest BCUT2D eigenvalue weighted by molar-refractivity contribution is 9.10. The van der Waals surface area contributed by atoms with Crippen LogP contribution in [0.15, 0.2) is 46.0 Å². The molecule has 0 fully saturated rings. The van der Waals surface area contributed by atoms with Crippen molar-refractivity contribution < 1.29 is 14.3 Å².